The van der Waals surface area contributed by atoms with E-state index in [2.05, 4.69) is 32.6 Å². The molecular formula is C8H10ClIN2O. The molecule has 1 heterocycles. The topological polar surface area (TPSA) is 35.0 Å². The Kier molecular flexibility index (Phi) is 4.34. The molecule has 3 nitrogen and oxygen atoms in total. The molecule has 13 heavy (non-hydrogen) atoms. The zero-order valence-corrected chi connectivity index (χ0v) is 10.4. The first-order valence-corrected chi connectivity index (χ1v) is 5.34. The van der Waals surface area contributed by atoms with E-state index in [4.69, 9.17) is 16.3 Å². The number of ether oxygens (including phenoxy) is 1. The Hall–Kier alpha value is 0.0600. The molecule has 0 saturated carbocycles. The molecule has 1 aromatic rings. The molecule has 1 rings (SSSR count). The maximum atomic E-state index is 5.92. The second kappa shape index (κ2) is 5.07. The smallest absolute Gasteiger partial charge is 0.146 e. The van der Waals surface area contributed by atoms with Gasteiger partial charge in [-0.25, -0.2) is 9.97 Å². The van der Waals surface area contributed by atoms with E-state index in [1.807, 2.05) is 6.92 Å². The number of aryl methyl sites for hydroxylation is 1. The molecule has 0 unspecified atom stereocenters. The Morgan fingerprint density at radius 3 is 2.69 bits per heavy atom. The fraction of sp³-hybridized carbons (Fsp3) is 0.500. The Bertz CT molecular complexity index is 306. The summed E-state index contributed by atoms with van der Waals surface area (Å²) in [6, 6.07) is 0. The second-order valence-corrected chi connectivity index (χ2v) is 3.91. The first-order valence-electron chi connectivity index (χ1n) is 3.88. The van der Waals surface area contributed by atoms with Crippen LogP contribution in [0.1, 0.15) is 18.4 Å². The summed E-state index contributed by atoms with van der Waals surface area (Å²) in [4.78, 5) is 8.44. The molecule has 0 saturated heterocycles. The van der Waals surface area contributed by atoms with E-state index in [-0.39, 0.29) is 0 Å². The summed E-state index contributed by atoms with van der Waals surface area (Å²) in [5, 5.41) is 0.513. The Labute approximate surface area is 96.0 Å². The van der Waals surface area contributed by atoms with Gasteiger partial charge in [0, 0.05) is 13.5 Å². The number of hydrogen-bond acceptors (Lipinski definition) is 3. The first-order chi connectivity index (χ1) is 6.19. The SMILES string of the molecule is CCc1nc(Cl)c(I)c(COC)n1. The summed E-state index contributed by atoms with van der Waals surface area (Å²) in [5.41, 5.74) is 0.861. The third kappa shape index (κ3) is 2.75. The molecule has 0 amide bonds. The Morgan fingerprint density at radius 1 is 1.46 bits per heavy atom. The van der Waals surface area contributed by atoms with Gasteiger partial charge in [-0.2, -0.15) is 0 Å². The largest absolute Gasteiger partial charge is 0.378 e. The molecule has 0 atom stereocenters. The number of rotatable bonds is 3. The summed E-state index contributed by atoms with van der Waals surface area (Å²) in [5.74, 6) is 0.762. The molecule has 0 N–H and O–H groups in total. The number of aromatic nitrogens is 2. The van der Waals surface area contributed by atoms with Crippen molar-refractivity contribution < 1.29 is 4.74 Å². The van der Waals surface area contributed by atoms with E-state index in [1.165, 1.54) is 0 Å². The fourth-order valence-electron chi connectivity index (χ4n) is 0.902. The predicted molar refractivity (Wildman–Crippen MR) is 59.9 cm³/mol. The summed E-state index contributed by atoms with van der Waals surface area (Å²) >= 11 is 8.04. The van der Waals surface area contributed by atoms with Crippen LogP contribution in [0.25, 0.3) is 0 Å². The highest BCUT2D eigenvalue weighted by molar-refractivity contribution is 14.1. The molecule has 5 heteroatoms. The lowest BCUT2D eigenvalue weighted by Gasteiger charge is -2.05. The molecule has 0 spiro atoms. The normalized spacial score (nSPS) is 10.5. The van der Waals surface area contributed by atoms with Crippen LogP contribution >= 0.6 is 34.2 Å². The minimum atomic E-state index is 0.480. The highest BCUT2D eigenvalue weighted by atomic mass is 127. The van der Waals surface area contributed by atoms with Gasteiger partial charge in [-0.05, 0) is 22.6 Å². The van der Waals surface area contributed by atoms with Crippen molar-refractivity contribution in [2.45, 2.75) is 20.0 Å². The molecule has 72 valence electrons. The molecule has 0 aliphatic carbocycles. The minimum absolute atomic E-state index is 0.480. The number of methoxy groups -OCH3 is 1. The van der Waals surface area contributed by atoms with Gasteiger partial charge in [0.25, 0.3) is 0 Å². The van der Waals surface area contributed by atoms with Crippen molar-refractivity contribution >= 4 is 34.2 Å². The van der Waals surface area contributed by atoms with Crippen LogP contribution in [-0.2, 0) is 17.8 Å². The molecular weight excluding hydrogens is 302 g/mol. The van der Waals surface area contributed by atoms with Gasteiger partial charge in [-0.15, -0.1) is 0 Å². The van der Waals surface area contributed by atoms with Crippen molar-refractivity contribution in [2.75, 3.05) is 7.11 Å². The lowest BCUT2D eigenvalue weighted by atomic mass is 10.4. The maximum Gasteiger partial charge on any atom is 0.146 e. The monoisotopic (exact) mass is 312 g/mol. The van der Waals surface area contributed by atoms with E-state index >= 15 is 0 Å². The Balaban J connectivity index is 3.09. The maximum absolute atomic E-state index is 5.92. The van der Waals surface area contributed by atoms with Crippen LogP contribution in [0.3, 0.4) is 0 Å². The van der Waals surface area contributed by atoms with E-state index in [0.29, 0.717) is 11.8 Å². The van der Waals surface area contributed by atoms with E-state index < -0.39 is 0 Å². The third-order valence-electron chi connectivity index (χ3n) is 1.52. The molecule has 0 fully saturated rings. The van der Waals surface area contributed by atoms with Gasteiger partial charge in [0.2, 0.25) is 0 Å². The van der Waals surface area contributed by atoms with Crippen molar-refractivity contribution in [3.05, 3.63) is 20.2 Å². The zero-order valence-electron chi connectivity index (χ0n) is 7.47. The van der Waals surface area contributed by atoms with Gasteiger partial charge in [0.1, 0.15) is 11.0 Å². The standard InChI is InChI=1S/C8H10ClIN2O/c1-3-6-11-5(4-13-2)7(10)8(9)12-6/h3-4H2,1-2H3. The fourth-order valence-corrected chi connectivity index (χ4v) is 1.51. The molecule has 0 radical (unpaired) electrons. The van der Waals surface area contributed by atoms with Crippen LogP contribution in [0.15, 0.2) is 0 Å². The van der Waals surface area contributed by atoms with Crippen LogP contribution in [0.2, 0.25) is 5.15 Å². The van der Waals surface area contributed by atoms with Gasteiger partial charge >= 0.3 is 0 Å². The van der Waals surface area contributed by atoms with Crippen LogP contribution in [0.5, 0.6) is 0 Å². The van der Waals surface area contributed by atoms with Crippen LogP contribution in [0.4, 0.5) is 0 Å². The second-order valence-electron chi connectivity index (χ2n) is 2.48. The van der Waals surface area contributed by atoms with Crippen molar-refractivity contribution in [3.63, 3.8) is 0 Å². The van der Waals surface area contributed by atoms with Gasteiger partial charge in [0.15, 0.2) is 0 Å². The van der Waals surface area contributed by atoms with Gasteiger partial charge in [-0.3, -0.25) is 0 Å². The van der Waals surface area contributed by atoms with E-state index in [1.54, 1.807) is 7.11 Å². The van der Waals surface area contributed by atoms with Crippen molar-refractivity contribution in [2.24, 2.45) is 0 Å². The molecule has 0 aromatic carbocycles. The highest BCUT2D eigenvalue weighted by Gasteiger charge is 2.08. The quantitative estimate of drug-likeness (QED) is 0.635. The first kappa shape index (κ1) is 11.1. The third-order valence-corrected chi connectivity index (χ3v) is 3.25. The number of nitrogens with zero attached hydrogens (tertiary/aromatic N) is 2. The van der Waals surface area contributed by atoms with Crippen molar-refractivity contribution in [1.82, 2.24) is 9.97 Å². The lowest BCUT2D eigenvalue weighted by Crippen LogP contribution is -2.03. The number of hydrogen-bond donors (Lipinski definition) is 0. The summed E-state index contributed by atoms with van der Waals surface area (Å²) in [6.45, 7) is 2.47. The Morgan fingerprint density at radius 2 is 2.15 bits per heavy atom. The van der Waals surface area contributed by atoms with Crippen LogP contribution in [-0.4, -0.2) is 17.1 Å². The van der Waals surface area contributed by atoms with E-state index in [0.717, 1.165) is 21.5 Å². The average Bonchev–Trinajstić information content (AvgIpc) is 2.13. The van der Waals surface area contributed by atoms with Crippen LogP contribution in [0, 0.1) is 3.57 Å². The average molecular weight is 313 g/mol. The van der Waals surface area contributed by atoms with Crippen molar-refractivity contribution in [3.8, 4) is 0 Å². The summed E-state index contributed by atoms with van der Waals surface area (Å²) in [6.07, 6.45) is 0.785. The molecule has 0 aliphatic rings. The molecule has 0 bridgehead atoms. The van der Waals surface area contributed by atoms with E-state index in [9.17, 15) is 0 Å². The highest BCUT2D eigenvalue weighted by Crippen LogP contribution is 2.19. The van der Waals surface area contributed by atoms with Crippen LogP contribution < -0.4 is 0 Å². The van der Waals surface area contributed by atoms with Crippen molar-refractivity contribution in [1.29, 1.82) is 0 Å². The molecule has 0 aliphatic heterocycles. The lowest BCUT2D eigenvalue weighted by molar-refractivity contribution is 0.180. The minimum Gasteiger partial charge on any atom is -0.378 e. The summed E-state index contributed by atoms with van der Waals surface area (Å²) < 4.78 is 5.88. The predicted octanol–water partition coefficient (Wildman–Crippen LogP) is 2.44. The zero-order chi connectivity index (χ0) is 9.84. The molecule has 1 aromatic heterocycles. The van der Waals surface area contributed by atoms with Gasteiger partial charge in [-0.1, -0.05) is 18.5 Å². The number of halogens is 2. The summed E-state index contributed by atoms with van der Waals surface area (Å²) in [7, 11) is 1.64. The van der Waals surface area contributed by atoms with Gasteiger partial charge in [0.05, 0.1) is 15.9 Å². The van der Waals surface area contributed by atoms with Gasteiger partial charge < -0.3 is 4.74 Å².